The first-order valence-electron chi connectivity index (χ1n) is 4.81. The van der Waals surface area contributed by atoms with Crippen molar-refractivity contribution in [2.45, 2.75) is 12.5 Å². The van der Waals surface area contributed by atoms with Crippen molar-refractivity contribution in [3.8, 4) is 0 Å². The third kappa shape index (κ3) is 4.38. The van der Waals surface area contributed by atoms with Crippen molar-refractivity contribution in [3.63, 3.8) is 0 Å². The van der Waals surface area contributed by atoms with Gasteiger partial charge in [-0.25, -0.2) is 9.78 Å². The van der Waals surface area contributed by atoms with Gasteiger partial charge in [0.1, 0.15) is 5.15 Å². The Labute approximate surface area is 102 Å². The van der Waals surface area contributed by atoms with Crippen LogP contribution >= 0.6 is 11.6 Å². The average Bonchev–Trinajstić information content (AvgIpc) is 2.28. The number of carboxylic acid groups (broad SMARTS) is 1. The molecule has 0 aliphatic heterocycles. The molecule has 0 saturated carbocycles. The van der Waals surface area contributed by atoms with E-state index < -0.39 is 18.0 Å². The first-order valence-corrected chi connectivity index (χ1v) is 5.19. The molecule has 1 amide bonds. The van der Waals surface area contributed by atoms with Gasteiger partial charge in [-0.05, 0) is 12.1 Å². The highest BCUT2D eigenvalue weighted by Crippen LogP contribution is 2.06. The fourth-order valence-electron chi connectivity index (χ4n) is 1.09. The molecule has 0 bridgehead atoms. The van der Waals surface area contributed by atoms with Crippen LogP contribution in [0.3, 0.4) is 0 Å². The number of nitrogens with one attached hydrogen (secondary N) is 1. The van der Waals surface area contributed by atoms with Gasteiger partial charge in [0.05, 0.1) is 0 Å². The van der Waals surface area contributed by atoms with Gasteiger partial charge < -0.3 is 15.5 Å². The maximum atomic E-state index is 11.5. The lowest BCUT2D eigenvalue weighted by atomic mass is 10.2. The van der Waals surface area contributed by atoms with E-state index in [1.165, 1.54) is 18.3 Å². The Bertz CT molecular complexity index is 425. The van der Waals surface area contributed by atoms with Crippen LogP contribution in [0.2, 0.25) is 5.15 Å². The van der Waals surface area contributed by atoms with Gasteiger partial charge in [0.2, 0.25) is 0 Å². The molecule has 7 heteroatoms. The SMILES string of the molecule is O=C(NCC[C@H](O)C(=O)O)c1ccnc(Cl)c1. The monoisotopic (exact) mass is 258 g/mol. The number of rotatable bonds is 5. The normalized spacial score (nSPS) is 11.9. The quantitative estimate of drug-likeness (QED) is 0.660. The molecule has 3 N–H and O–H groups in total. The number of aliphatic hydroxyl groups is 1. The molecule has 1 rings (SSSR count). The molecule has 1 aromatic heterocycles. The molecular weight excluding hydrogens is 248 g/mol. The van der Waals surface area contributed by atoms with Gasteiger partial charge in [-0.1, -0.05) is 11.6 Å². The maximum absolute atomic E-state index is 11.5. The molecule has 0 aromatic carbocycles. The predicted molar refractivity (Wildman–Crippen MR) is 59.8 cm³/mol. The van der Waals surface area contributed by atoms with E-state index in [9.17, 15) is 9.59 Å². The zero-order valence-electron chi connectivity index (χ0n) is 8.76. The van der Waals surface area contributed by atoms with Crippen molar-refractivity contribution < 1.29 is 19.8 Å². The Hall–Kier alpha value is -1.66. The Morgan fingerprint density at radius 1 is 1.53 bits per heavy atom. The molecule has 0 fully saturated rings. The number of carboxylic acids is 1. The maximum Gasteiger partial charge on any atom is 0.332 e. The molecule has 92 valence electrons. The van der Waals surface area contributed by atoms with E-state index in [2.05, 4.69) is 10.3 Å². The van der Waals surface area contributed by atoms with E-state index in [0.29, 0.717) is 5.56 Å². The largest absolute Gasteiger partial charge is 0.479 e. The van der Waals surface area contributed by atoms with E-state index in [-0.39, 0.29) is 18.1 Å². The second-order valence-corrected chi connectivity index (χ2v) is 3.65. The number of carbonyl (C=O) groups excluding carboxylic acids is 1. The molecule has 0 radical (unpaired) electrons. The number of hydrogen-bond acceptors (Lipinski definition) is 4. The lowest BCUT2D eigenvalue weighted by Crippen LogP contribution is -2.30. The minimum Gasteiger partial charge on any atom is -0.479 e. The smallest absolute Gasteiger partial charge is 0.332 e. The second-order valence-electron chi connectivity index (χ2n) is 3.27. The van der Waals surface area contributed by atoms with Crippen LogP contribution in [0.1, 0.15) is 16.8 Å². The van der Waals surface area contributed by atoms with E-state index in [1.54, 1.807) is 0 Å². The minimum atomic E-state index is -1.48. The summed E-state index contributed by atoms with van der Waals surface area (Å²) in [6, 6.07) is 2.87. The minimum absolute atomic E-state index is 0.0557. The van der Waals surface area contributed by atoms with Crippen molar-refractivity contribution in [2.24, 2.45) is 0 Å². The van der Waals surface area contributed by atoms with E-state index in [1.807, 2.05) is 0 Å². The fraction of sp³-hybridized carbons (Fsp3) is 0.300. The van der Waals surface area contributed by atoms with Gasteiger partial charge in [-0.2, -0.15) is 0 Å². The number of aromatic nitrogens is 1. The van der Waals surface area contributed by atoms with E-state index in [0.717, 1.165) is 0 Å². The van der Waals surface area contributed by atoms with E-state index >= 15 is 0 Å². The van der Waals surface area contributed by atoms with Crippen LogP contribution in [0.15, 0.2) is 18.3 Å². The van der Waals surface area contributed by atoms with Crippen molar-refractivity contribution in [2.75, 3.05) is 6.54 Å². The standard InChI is InChI=1S/C10H11ClN2O4/c11-8-5-6(1-3-12-8)9(15)13-4-2-7(14)10(16)17/h1,3,5,7,14H,2,4H2,(H,13,15)(H,16,17)/t7-/m0/s1. The summed E-state index contributed by atoms with van der Waals surface area (Å²) in [5.41, 5.74) is 0.329. The number of nitrogens with zero attached hydrogens (tertiary/aromatic N) is 1. The molecular formula is C10H11ClN2O4. The fourth-order valence-corrected chi connectivity index (χ4v) is 1.27. The van der Waals surface area contributed by atoms with Crippen molar-refractivity contribution in [3.05, 3.63) is 29.0 Å². The molecule has 0 unspecified atom stereocenters. The van der Waals surface area contributed by atoms with Gasteiger partial charge in [0.15, 0.2) is 6.10 Å². The molecule has 17 heavy (non-hydrogen) atoms. The number of aliphatic hydroxyl groups excluding tert-OH is 1. The van der Waals surface area contributed by atoms with Crippen molar-refractivity contribution >= 4 is 23.5 Å². The van der Waals surface area contributed by atoms with Gasteiger partial charge in [-0.15, -0.1) is 0 Å². The van der Waals surface area contributed by atoms with Gasteiger partial charge >= 0.3 is 5.97 Å². The van der Waals surface area contributed by atoms with E-state index in [4.69, 9.17) is 21.8 Å². The van der Waals surface area contributed by atoms with Gasteiger partial charge in [0.25, 0.3) is 5.91 Å². The zero-order chi connectivity index (χ0) is 12.8. The summed E-state index contributed by atoms with van der Waals surface area (Å²) in [4.78, 5) is 25.5. The van der Waals surface area contributed by atoms with Crippen LogP contribution in [-0.4, -0.2) is 39.7 Å². The highest BCUT2D eigenvalue weighted by molar-refractivity contribution is 6.29. The summed E-state index contributed by atoms with van der Waals surface area (Å²) in [7, 11) is 0. The molecule has 0 aliphatic carbocycles. The number of aliphatic carboxylic acids is 1. The number of amides is 1. The Kier molecular flexibility index (Phi) is 4.86. The molecule has 1 atom stereocenters. The Balaban J connectivity index is 2.43. The second kappa shape index (κ2) is 6.17. The zero-order valence-corrected chi connectivity index (χ0v) is 9.52. The molecule has 1 heterocycles. The number of halogens is 1. The third-order valence-electron chi connectivity index (χ3n) is 1.98. The average molecular weight is 259 g/mol. The van der Waals surface area contributed by atoms with Gasteiger partial charge in [-0.3, -0.25) is 4.79 Å². The summed E-state index contributed by atoms with van der Waals surface area (Å²) in [6.07, 6.45) is -0.139. The molecule has 0 saturated heterocycles. The van der Waals surface area contributed by atoms with Crippen LogP contribution in [0.4, 0.5) is 0 Å². The summed E-state index contributed by atoms with van der Waals surface area (Å²) in [6.45, 7) is 0.0617. The Morgan fingerprint density at radius 2 is 2.24 bits per heavy atom. The molecule has 6 nitrogen and oxygen atoms in total. The summed E-state index contributed by atoms with van der Waals surface area (Å²) >= 11 is 5.61. The topological polar surface area (TPSA) is 99.5 Å². The van der Waals surface area contributed by atoms with Crippen molar-refractivity contribution in [1.82, 2.24) is 10.3 Å². The number of carbonyl (C=O) groups is 2. The van der Waals surface area contributed by atoms with Gasteiger partial charge in [0, 0.05) is 24.7 Å². The molecule has 0 spiro atoms. The molecule has 0 aliphatic rings. The number of pyridine rings is 1. The van der Waals surface area contributed by atoms with Crippen LogP contribution in [0, 0.1) is 0 Å². The van der Waals surface area contributed by atoms with Crippen LogP contribution < -0.4 is 5.32 Å². The molecule has 1 aromatic rings. The van der Waals surface area contributed by atoms with Crippen LogP contribution in [0.25, 0.3) is 0 Å². The first kappa shape index (κ1) is 13.4. The number of hydrogen-bond donors (Lipinski definition) is 3. The van der Waals surface area contributed by atoms with Crippen molar-refractivity contribution in [1.29, 1.82) is 0 Å². The summed E-state index contributed by atoms with van der Waals surface area (Å²) in [5.74, 6) is -1.71. The summed E-state index contributed by atoms with van der Waals surface area (Å²) < 4.78 is 0. The highest BCUT2D eigenvalue weighted by Gasteiger charge is 2.13. The first-order chi connectivity index (χ1) is 8.00. The lowest BCUT2D eigenvalue weighted by Gasteiger charge is -2.07. The van der Waals surface area contributed by atoms with Crippen LogP contribution in [-0.2, 0) is 4.79 Å². The Morgan fingerprint density at radius 3 is 2.82 bits per heavy atom. The third-order valence-corrected chi connectivity index (χ3v) is 2.18. The summed E-state index contributed by atoms with van der Waals surface area (Å²) in [5, 5.41) is 20.0. The predicted octanol–water partition coefficient (Wildman–Crippen LogP) is 0.300. The highest BCUT2D eigenvalue weighted by atomic mass is 35.5. The lowest BCUT2D eigenvalue weighted by molar-refractivity contribution is -0.146. The van der Waals surface area contributed by atoms with Crippen LogP contribution in [0.5, 0.6) is 0 Å².